The molecule has 1 aromatic heterocycles. The van der Waals surface area contributed by atoms with Gasteiger partial charge < -0.3 is 14.6 Å². The Hall–Kier alpha value is -2.34. The molecule has 5 heteroatoms. The summed E-state index contributed by atoms with van der Waals surface area (Å²) >= 11 is 0. The second-order valence-electron chi connectivity index (χ2n) is 10.1. The molecule has 2 aliphatic heterocycles. The van der Waals surface area contributed by atoms with Crippen LogP contribution in [0.2, 0.25) is 0 Å². The third-order valence-electron chi connectivity index (χ3n) is 7.77. The van der Waals surface area contributed by atoms with E-state index in [-0.39, 0.29) is 23.9 Å². The summed E-state index contributed by atoms with van der Waals surface area (Å²) in [6.45, 7) is 1.57. The lowest BCUT2D eigenvalue weighted by Gasteiger charge is -2.31. The minimum absolute atomic E-state index is 0.129. The largest absolute Gasteiger partial charge is 0.388 e. The number of pyridine rings is 1. The summed E-state index contributed by atoms with van der Waals surface area (Å²) < 4.78 is 26.0. The monoisotopic (exact) mass is 461 g/mol. The third kappa shape index (κ3) is 4.26. The number of nitrogens with zero attached hydrogens (tertiary/aromatic N) is 1. The van der Waals surface area contributed by atoms with E-state index in [1.165, 1.54) is 12.1 Å². The van der Waals surface area contributed by atoms with Crippen molar-refractivity contribution in [2.75, 3.05) is 13.2 Å². The van der Waals surface area contributed by atoms with Gasteiger partial charge in [0, 0.05) is 36.0 Å². The molecule has 178 valence electrons. The first kappa shape index (κ1) is 22.1. The van der Waals surface area contributed by atoms with Crippen molar-refractivity contribution >= 4 is 10.9 Å². The highest BCUT2D eigenvalue weighted by Crippen LogP contribution is 2.48. The Bertz CT molecular complexity index is 1130. The molecule has 3 aliphatic rings. The van der Waals surface area contributed by atoms with E-state index in [9.17, 15) is 9.50 Å². The van der Waals surface area contributed by atoms with Crippen LogP contribution in [0.1, 0.15) is 68.2 Å². The molecule has 1 N–H and O–H groups in total. The van der Waals surface area contributed by atoms with E-state index in [1.807, 2.05) is 30.3 Å². The maximum atomic E-state index is 13.8. The number of halogens is 1. The maximum Gasteiger partial charge on any atom is 0.123 e. The van der Waals surface area contributed by atoms with E-state index in [0.29, 0.717) is 12.3 Å². The van der Waals surface area contributed by atoms with E-state index < -0.39 is 6.10 Å². The van der Waals surface area contributed by atoms with Crippen LogP contribution in [0.25, 0.3) is 22.0 Å². The second-order valence-corrected chi connectivity index (χ2v) is 10.1. The highest BCUT2D eigenvalue weighted by atomic mass is 19.1. The summed E-state index contributed by atoms with van der Waals surface area (Å²) in [5.41, 5.74) is 4.74. The predicted octanol–water partition coefficient (Wildman–Crippen LogP) is 6.32. The number of benzene rings is 2. The van der Waals surface area contributed by atoms with Crippen LogP contribution in [0.15, 0.2) is 48.5 Å². The predicted molar refractivity (Wildman–Crippen MR) is 130 cm³/mol. The molecule has 2 aromatic carbocycles. The quantitative estimate of drug-likeness (QED) is 0.448. The SMILES string of the molecule is OC(CC(C1CCCO1)C1CCCO1)c1c(C2CC2)nc2ccccc2c1-c1ccc(F)cc1. The van der Waals surface area contributed by atoms with E-state index in [4.69, 9.17) is 14.5 Å². The Kier molecular flexibility index (Phi) is 6.10. The van der Waals surface area contributed by atoms with E-state index in [1.54, 1.807) is 0 Å². The van der Waals surface area contributed by atoms with Gasteiger partial charge in [-0.1, -0.05) is 30.3 Å². The van der Waals surface area contributed by atoms with Crippen molar-refractivity contribution < 1.29 is 19.0 Å². The Morgan fingerprint density at radius 2 is 1.59 bits per heavy atom. The Balaban J connectivity index is 1.47. The number of rotatable bonds is 7. The van der Waals surface area contributed by atoms with Gasteiger partial charge >= 0.3 is 0 Å². The average Bonchev–Trinajstić information content (AvgIpc) is 3.30. The van der Waals surface area contributed by atoms with Crippen LogP contribution in [-0.4, -0.2) is 35.5 Å². The second kappa shape index (κ2) is 9.37. The van der Waals surface area contributed by atoms with Gasteiger partial charge in [0.1, 0.15) is 5.82 Å². The molecule has 34 heavy (non-hydrogen) atoms. The summed E-state index contributed by atoms with van der Waals surface area (Å²) in [5.74, 6) is 0.264. The number of fused-ring (bicyclic) bond motifs is 1. The van der Waals surface area contributed by atoms with Crippen LogP contribution >= 0.6 is 0 Å². The molecule has 4 nitrogen and oxygen atoms in total. The lowest BCUT2D eigenvalue weighted by Crippen LogP contribution is -2.33. The molecule has 0 bridgehead atoms. The molecular formula is C29H32FNO3. The molecule has 3 heterocycles. The lowest BCUT2D eigenvalue weighted by molar-refractivity contribution is -0.0383. The topological polar surface area (TPSA) is 51.6 Å². The summed E-state index contributed by atoms with van der Waals surface area (Å²) in [6.07, 6.45) is 6.51. The minimum atomic E-state index is -0.689. The first-order valence-electron chi connectivity index (χ1n) is 12.8. The van der Waals surface area contributed by atoms with Crippen molar-refractivity contribution in [2.45, 2.75) is 69.2 Å². The van der Waals surface area contributed by atoms with Crippen LogP contribution in [-0.2, 0) is 9.47 Å². The standard InChI is InChI=1S/C29H32FNO3/c30-20-13-11-18(12-14-20)27-21-5-1-2-6-23(21)31-29(19-9-10-19)28(27)24(32)17-22(25-7-3-15-33-25)26-8-4-16-34-26/h1-2,5-6,11-14,19,22,24-26,32H,3-4,7-10,15-17H2. The van der Waals surface area contributed by atoms with Crippen molar-refractivity contribution in [3.8, 4) is 11.1 Å². The van der Waals surface area contributed by atoms with Crippen molar-refractivity contribution in [2.24, 2.45) is 5.92 Å². The molecule has 6 rings (SSSR count). The van der Waals surface area contributed by atoms with Gasteiger partial charge in [0.25, 0.3) is 0 Å². The van der Waals surface area contributed by atoms with Gasteiger partial charge in [0.2, 0.25) is 0 Å². The van der Waals surface area contributed by atoms with Gasteiger partial charge in [-0.3, -0.25) is 4.98 Å². The van der Waals surface area contributed by atoms with Crippen molar-refractivity contribution in [1.29, 1.82) is 0 Å². The van der Waals surface area contributed by atoms with E-state index in [2.05, 4.69) is 6.07 Å². The van der Waals surface area contributed by atoms with Crippen LogP contribution in [0.5, 0.6) is 0 Å². The smallest absolute Gasteiger partial charge is 0.123 e. The normalized spacial score (nSPS) is 24.5. The number of para-hydroxylation sites is 1. The number of hydrogen-bond donors (Lipinski definition) is 1. The zero-order valence-electron chi connectivity index (χ0n) is 19.5. The molecule has 3 unspecified atom stereocenters. The zero-order chi connectivity index (χ0) is 23.1. The fourth-order valence-corrected chi connectivity index (χ4v) is 5.98. The minimum Gasteiger partial charge on any atom is -0.388 e. The van der Waals surface area contributed by atoms with Crippen molar-refractivity contribution in [1.82, 2.24) is 4.98 Å². The average molecular weight is 462 g/mol. The highest BCUT2D eigenvalue weighted by molar-refractivity contribution is 5.97. The van der Waals surface area contributed by atoms with Crippen molar-refractivity contribution in [3.05, 3.63) is 65.6 Å². The van der Waals surface area contributed by atoms with Crippen LogP contribution in [0.4, 0.5) is 4.39 Å². The third-order valence-corrected chi connectivity index (χ3v) is 7.77. The van der Waals surface area contributed by atoms with Gasteiger partial charge in [-0.2, -0.15) is 0 Å². The zero-order valence-corrected chi connectivity index (χ0v) is 19.5. The first-order valence-corrected chi connectivity index (χ1v) is 12.8. The molecule has 0 radical (unpaired) electrons. The number of hydrogen-bond acceptors (Lipinski definition) is 4. The first-order chi connectivity index (χ1) is 16.7. The molecule has 0 amide bonds. The van der Waals surface area contributed by atoms with Crippen LogP contribution in [0.3, 0.4) is 0 Å². The summed E-state index contributed by atoms with van der Waals surface area (Å²) in [4.78, 5) is 5.07. The molecular weight excluding hydrogens is 429 g/mol. The van der Waals surface area contributed by atoms with Gasteiger partial charge in [0.15, 0.2) is 0 Å². The molecule has 3 fully saturated rings. The Morgan fingerprint density at radius 1 is 0.912 bits per heavy atom. The number of ether oxygens (including phenoxy) is 2. The van der Waals surface area contributed by atoms with Gasteiger partial charge in [0.05, 0.1) is 29.5 Å². The molecule has 1 saturated carbocycles. The number of aromatic nitrogens is 1. The fraction of sp³-hybridized carbons (Fsp3) is 0.483. The summed E-state index contributed by atoms with van der Waals surface area (Å²) in [5, 5.41) is 12.9. The summed E-state index contributed by atoms with van der Waals surface area (Å²) in [6, 6.07) is 14.7. The van der Waals surface area contributed by atoms with E-state index in [0.717, 1.165) is 85.0 Å². The van der Waals surface area contributed by atoms with Crippen molar-refractivity contribution in [3.63, 3.8) is 0 Å². The molecule has 3 aromatic rings. The summed E-state index contributed by atoms with van der Waals surface area (Å²) in [7, 11) is 0. The molecule has 0 spiro atoms. The fourth-order valence-electron chi connectivity index (χ4n) is 5.98. The number of aliphatic hydroxyl groups excluding tert-OH is 1. The maximum absolute atomic E-state index is 13.8. The van der Waals surface area contributed by atoms with Gasteiger partial charge in [-0.05, 0) is 74.3 Å². The van der Waals surface area contributed by atoms with Crippen LogP contribution in [0, 0.1) is 11.7 Å². The Labute approximate surface area is 200 Å². The van der Waals surface area contributed by atoms with Gasteiger partial charge in [-0.25, -0.2) is 4.39 Å². The van der Waals surface area contributed by atoms with E-state index >= 15 is 0 Å². The van der Waals surface area contributed by atoms with Crippen LogP contribution < -0.4 is 0 Å². The highest BCUT2D eigenvalue weighted by Gasteiger charge is 2.39. The molecule has 2 saturated heterocycles. The Morgan fingerprint density at radius 3 is 2.21 bits per heavy atom. The molecule has 1 aliphatic carbocycles. The lowest BCUT2D eigenvalue weighted by atomic mass is 9.82. The molecule has 3 atom stereocenters. The van der Waals surface area contributed by atoms with Gasteiger partial charge in [-0.15, -0.1) is 0 Å². The number of aliphatic hydroxyl groups is 1.